The molecule has 18 heavy (non-hydrogen) atoms. The molecular weight excluding hydrogens is 226 g/mol. The zero-order valence-corrected chi connectivity index (χ0v) is 10.9. The Morgan fingerprint density at radius 1 is 1.39 bits per heavy atom. The van der Waals surface area contributed by atoms with E-state index in [4.69, 9.17) is 5.11 Å². The lowest BCUT2D eigenvalue weighted by molar-refractivity contribution is -0.136. The first-order chi connectivity index (χ1) is 8.69. The van der Waals surface area contributed by atoms with Gasteiger partial charge in [-0.25, -0.2) is 0 Å². The molecule has 0 radical (unpaired) electrons. The van der Waals surface area contributed by atoms with E-state index in [1.54, 1.807) is 0 Å². The summed E-state index contributed by atoms with van der Waals surface area (Å²) in [5, 5.41) is 8.92. The SMILES string of the molecule is CCC1CCN(Cc2ccccc2CC(=O)O)C1. The Kier molecular flexibility index (Phi) is 4.37. The van der Waals surface area contributed by atoms with Gasteiger partial charge in [-0.1, -0.05) is 37.6 Å². The molecule has 0 aromatic heterocycles. The molecule has 1 aromatic carbocycles. The van der Waals surface area contributed by atoms with E-state index in [0.717, 1.165) is 36.7 Å². The van der Waals surface area contributed by atoms with Crippen LogP contribution in [0.25, 0.3) is 0 Å². The van der Waals surface area contributed by atoms with Crippen LogP contribution in [0.2, 0.25) is 0 Å². The Hall–Kier alpha value is -1.35. The van der Waals surface area contributed by atoms with Crippen molar-refractivity contribution in [2.24, 2.45) is 5.92 Å². The zero-order chi connectivity index (χ0) is 13.0. The maximum atomic E-state index is 10.8. The van der Waals surface area contributed by atoms with Crippen LogP contribution in [0.15, 0.2) is 24.3 Å². The Balaban J connectivity index is 2.02. The molecule has 1 aliphatic heterocycles. The lowest BCUT2D eigenvalue weighted by Crippen LogP contribution is -2.21. The van der Waals surface area contributed by atoms with Crippen LogP contribution in [0.1, 0.15) is 30.9 Å². The Labute approximate surface area is 108 Å². The summed E-state index contributed by atoms with van der Waals surface area (Å²) in [6.07, 6.45) is 2.64. The van der Waals surface area contributed by atoms with E-state index in [1.807, 2.05) is 18.2 Å². The fraction of sp³-hybridized carbons (Fsp3) is 0.533. The van der Waals surface area contributed by atoms with Gasteiger partial charge in [-0.2, -0.15) is 0 Å². The normalized spacial score (nSPS) is 20.2. The van der Waals surface area contributed by atoms with Crippen molar-refractivity contribution >= 4 is 5.97 Å². The maximum Gasteiger partial charge on any atom is 0.307 e. The molecule has 1 N–H and O–H groups in total. The van der Waals surface area contributed by atoms with Crippen LogP contribution < -0.4 is 0 Å². The lowest BCUT2D eigenvalue weighted by Gasteiger charge is -2.17. The summed E-state index contributed by atoms with van der Waals surface area (Å²) < 4.78 is 0. The minimum absolute atomic E-state index is 0.126. The molecule has 0 bridgehead atoms. The van der Waals surface area contributed by atoms with Crippen molar-refractivity contribution in [1.29, 1.82) is 0 Å². The minimum atomic E-state index is -0.754. The van der Waals surface area contributed by atoms with Crippen LogP contribution in [-0.2, 0) is 17.8 Å². The molecule has 1 aliphatic rings. The quantitative estimate of drug-likeness (QED) is 0.869. The molecule has 1 aromatic rings. The minimum Gasteiger partial charge on any atom is -0.481 e. The van der Waals surface area contributed by atoms with Crippen molar-refractivity contribution in [3.63, 3.8) is 0 Å². The molecule has 3 nitrogen and oxygen atoms in total. The van der Waals surface area contributed by atoms with E-state index in [9.17, 15) is 4.79 Å². The highest BCUT2D eigenvalue weighted by Gasteiger charge is 2.21. The third kappa shape index (κ3) is 3.33. The molecular formula is C15H21NO2. The molecule has 98 valence electrons. The van der Waals surface area contributed by atoms with Gasteiger partial charge in [-0.05, 0) is 30.0 Å². The van der Waals surface area contributed by atoms with Crippen LogP contribution in [0, 0.1) is 5.92 Å². The molecule has 0 amide bonds. The fourth-order valence-electron chi connectivity index (χ4n) is 2.68. The van der Waals surface area contributed by atoms with Crippen molar-refractivity contribution in [2.75, 3.05) is 13.1 Å². The second kappa shape index (κ2) is 6.01. The van der Waals surface area contributed by atoms with Gasteiger partial charge in [-0.15, -0.1) is 0 Å². The summed E-state index contributed by atoms with van der Waals surface area (Å²) in [5.74, 6) is 0.0620. The fourth-order valence-corrected chi connectivity index (χ4v) is 2.68. The van der Waals surface area contributed by atoms with Crippen molar-refractivity contribution in [3.8, 4) is 0 Å². The van der Waals surface area contributed by atoms with Crippen LogP contribution >= 0.6 is 0 Å². The number of carboxylic acids is 1. The second-order valence-corrected chi connectivity index (χ2v) is 5.14. The second-order valence-electron chi connectivity index (χ2n) is 5.14. The highest BCUT2D eigenvalue weighted by Crippen LogP contribution is 2.22. The van der Waals surface area contributed by atoms with Gasteiger partial charge < -0.3 is 5.11 Å². The summed E-state index contributed by atoms with van der Waals surface area (Å²) in [6, 6.07) is 7.89. The average Bonchev–Trinajstić information content (AvgIpc) is 2.79. The van der Waals surface area contributed by atoms with Gasteiger partial charge in [0.05, 0.1) is 6.42 Å². The Morgan fingerprint density at radius 2 is 2.11 bits per heavy atom. The van der Waals surface area contributed by atoms with E-state index in [0.29, 0.717) is 0 Å². The number of carboxylic acid groups (broad SMARTS) is 1. The number of hydrogen-bond acceptors (Lipinski definition) is 2. The molecule has 0 aliphatic carbocycles. The summed E-state index contributed by atoms with van der Waals surface area (Å²) in [7, 11) is 0. The van der Waals surface area contributed by atoms with Gasteiger partial charge in [0.25, 0.3) is 0 Å². The number of benzene rings is 1. The third-order valence-corrected chi connectivity index (χ3v) is 3.80. The molecule has 0 saturated carbocycles. The van der Waals surface area contributed by atoms with Gasteiger partial charge in [0, 0.05) is 13.1 Å². The van der Waals surface area contributed by atoms with E-state index in [1.165, 1.54) is 12.8 Å². The first kappa shape index (κ1) is 13.1. The summed E-state index contributed by atoms with van der Waals surface area (Å²) in [6.45, 7) is 5.42. The van der Waals surface area contributed by atoms with Crippen molar-refractivity contribution in [1.82, 2.24) is 4.90 Å². The van der Waals surface area contributed by atoms with Crippen LogP contribution in [0.5, 0.6) is 0 Å². The topological polar surface area (TPSA) is 40.5 Å². The first-order valence-electron chi connectivity index (χ1n) is 6.70. The molecule has 3 heteroatoms. The molecule has 1 saturated heterocycles. The maximum absolute atomic E-state index is 10.8. The van der Waals surface area contributed by atoms with Crippen molar-refractivity contribution in [3.05, 3.63) is 35.4 Å². The van der Waals surface area contributed by atoms with E-state index >= 15 is 0 Å². The third-order valence-electron chi connectivity index (χ3n) is 3.80. The highest BCUT2D eigenvalue weighted by molar-refractivity contribution is 5.70. The number of aliphatic carboxylic acids is 1. The van der Waals surface area contributed by atoms with E-state index in [2.05, 4.69) is 17.9 Å². The predicted octanol–water partition coefficient (Wildman–Crippen LogP) is 2.55. The molecule has 1 fully saturated rings. The van der Waals surface area contributed by atoms with Crippen molar-refractivity contribution < 1.29 is 9.90 Å². The molecule has 1 unspecified atom stereocenters. The van der Waals surface area contributed by atoms with E-state index in [-0.39, 0.29) is 6.42 Å². The molecule has 0 spiro atoms. The average molecular weight is 247 g/mol. The summed E-state index contributed by atoms with van der Waals surface area (Å²) in [5.41, 5.74) is 2.11. The number of likely N-dealkylation sites (tertiary alicyclic amines) is 1. The smallest absolute Gasteiger partial charge is 0.307 e. The highest BCUT2D eigenvalue weighted by atomic mass is 16.4. The first-order valence-corrected chi connectivity index (χ1v) is 6.70. The Morgan fingerprint density at radius 3 is 2.72 bits per heavy atom. The number of carbonyl (C=O) groups is 1. The molecule has 1 heterocycles. The number of rotatable bonds is 5. The molecule has 1 atom stereocenters. The number of hydrogen-bond donors (Lipinski definition) is 1. The Bertz CT molecular complexity index is 417. The van der Waals surface area contributed by atoms with E-state index < -0.39 is 5.97 Å². The number of nitrogens with zero attached hydrogens (tertiary/aromatic N) is 1. The largest absolute Gasteiger partial charge is 0.481 e. The van der Waals surface area contributed by atoms with Gasteiger partial charge in [0.1, 0.15) is 0 Å². The van der Waals surface area contributed by atoms with Crippen LogP contribution in [0.3, 0.4) is 0 Å². The van der Waals surface area contributed by atoms with Crippen LogP contribution in [-0.4, -0.2) is 29.1 Å². The predicted molar refractivity (Wildman–Crippen MR) is 71.5 cm³/mol. The standard InChI is InChI=1S/C15H21NO2/c1-2-12-7-8-16(10-12)11-14-6-4-3-5-13(14)9-15(17)18/h3-6,12H,2,7-11H2,1H3,(H,17,18). The van der Waals surface area contributed by atoms with Gasteiger partial charge >= 0.3 is 5.97 Å². The lowest BCUT2D eigenvalue weighted by atomic mass is 10.0. The van der Waals surface area contributed by atoms with Crippen molar-refractivity contribution in [2.45, 2.75) is 32.7 Å². The van der Waals surface area contributed by atoms with Gasteiger partial charge in [-0.3, -0.25) is 9.69 Å². The molecule has 2 rings (SSSR count). The summed E-state index contributed by atoms with van der Waals surface area (Å²) in [4.78, 5) is 13.3. The van der Waals surface area contributed by atoms with Gasteiger partial charge in [0.15, 0.2) is 0 Å². The van der Waals surface area contributed by atoms with Crippen LogP contribution in [0.4, 0.5) is 0 Å². The summed E-state index contributed by atoms with van der Waals surface area (Å²) >= 11 is 0. The van der Waals surface area contributed by atoms with Gasteiger partial charge in [0.2, 0.25) is 0 Å². The monoisotopic (exact) mass is 247 g/mol. The zero-order valence-electron chi connectivity index (χ0n) is 10.9.